The maximum atomic E-state index is 10.3. The van der Waals surface area contributed by atoms with Crippen LogP contribution in [0.5, 0.6) is 0 Å². The van der Waals surface area contributed by atoms with E-state index >= 15 is 0 Å². The third-order valence-electron chi connectivity index (χ3n) is 3.72. The van der Waals surface area contributed by atoms with Gasteiger partial charge in [-0.1, -0.05) is 19.1 Å². The maximum Gasteiger partial charge on any atom is 0.0917 e. The van der Waals surface area contributed by atoms with E-state index in [1.165, 1.54) is 0 Å². The standard InChI is InChI=1S/C14H22N2OS/c1-10-11(2)18-7-6-16(10)9-14(17)12-4-3-5-13(15)8-12/h3-5,8,10-11,14,17H,6-7,9,15H2,1-2H3. The summed E-state index contributed by atoms with van der Waals surface area (Å²) in [5.41, 5.74) is 7.37. The summed E-state index contributed by atoms with van der Waals surface area (Å²) in [4.78, 5) is 2.37. The first-order valence-corrected chi connectivity index (χ1v) is 7.52. The Kier molecular flexibility index (Phi) is 4.54. The Hall–Kier alpha value is -0.710. The first kappa shape index (κ1) is 13.7. The molecule has 0 bridgehead atoms. The van der Waals surface area contributed by atoms with E-state index in [0.29, 0.717) is 23.5 Å². The van der Waals surface area contributed by atoms with Crippen LogP contribution in [0.25, 0.3) is 0 Å². The molecular formula is C14H22N2OS. The Balaban J connectivity index is 2.00. The molecule has 0 radical (unpaired) electrons. The quantitative estimate of drug-likeness (QED) is 0.823. The summed E-state index contributed by atoms with van der Waals surface area (Å²) in [6.45, 7) is 6.24. The fourth-order valence-electron chi connectivity index (χ4n) is 2.35. The molecule has 0 aromatic heterocycles. The van der Waals surface area contributed by atoms with Crippen molar-refractivity contribution in [3.63, 3.8) is 0 Å². The minimum Gasteiger partial charge on any atom is -0.399 e. The molecule has 3 unspecified atom stereocenters. The molecule has 2 rings (SSSR count). The fourth-order valence-corrected chi connectivity index (χ4v) is 3.51. The number of hydrogen-bond donors (Lipinski definition) is 2. The Labute approximate surface area is 113 Å². The number of thioether (sulfide) groups is 1. The lowest BCUT2D eigenvalue weighted by atomic mass is 10.1. The molecule has 0 aliphatic carbocycles. The van der Waals surface area contributed by atoms with Gasteiger partial charge in [-0.25, -0.2) is 0 Å². The van der Waals surface area contributed by atoms with Gasteiger partial charge in [-0.05, 0) is 24.6 Å². The molecule has 0 spiro atoms. The van der Waals surface area contributed by atoms with Crippen molar-refractivity contribution in [1.29, 1.82) is 0 Å². The molecule has 1 aromatic carbocycles. The number of nitrogens with two attached hydrogens (primary N) is 1. The summed E-state index contributed by atoms with van der Waals surface area (Å²) in [6.07, 6.45) is -0.453. The minimum absolute atomic E-state index is 0.453. The van der Waals surface area contributed by atoms with Crippen molar-refractivity contribution >= 4 is 17.4 Å². The smallest absolute Gasteiger partial charge is 0.0917 e. The van der Waals surface area contributed by atoms with Gasteiger partial charge in [0.2, 0.25) is 0 Å². The molecule has 100 valence electrons. The molecule has 1 aliphatic rings. The minimum atomic E-state index is -0.453. The van der Waals surface area contributed by atoms with E-state index in [9.17, 15) is 5.11 Å². The molecule has 18 heavy (non-hydrogen) atoms. The molecule has 0 saturated carbocycles. The molecule has 3 nitrogen and oxygen atoms in total. The van der Waals surface area contributed by atoms with Gasteiger partial charge in [0.25, 0.3) is 0 Å². The second kappa shape index (κ2) is 5.95. The summed E-state index contributed by atoms with van der Waals surface area (Å²) in [7, 11) is 0. The summed E-state index contributed by atoms with van der Waals surface area (Å²) in [5.74, 6) is 1.15. The number of aliphatic hydroxyl groups is 1. The monoisotopic (exact) mass is 266 g/mol. The molecule has 1 saturated heterocycles. The van der Waals surface area contributed by atoms with Crippen LogP contribution in [0.3, 0.4) is 0 Å². The van der Waals surface area contributed by atoms with Crippen molar-refractivity contribution in [2.24, 2.45) is 0 Å². The Morgan fingerprint density at radius 1 is 1.50 bits per heavy atom. The van der Waals surface area contributed by atoms with Crippen molar-refractivity contribution in [3.05, 3.63) is 29.8 Å². The maximum absolute atomic E-state index is 10.3. The fraction of sp³-hybridized carbons (Fsp3) is 0.571. The van der Waals surface area contributed by atoms with Gasteiger partial charge in [0, 0.05) is 35.8 Å². The van der Waals surface area contributed by atoms with Crippen molar-refractivity contribution < 1.29 is 5.11 Å². The van der Waals surface area contributed by atoms with Gasteiger partial charge in [-0.3, -0.25) is 4.90 Å². The Morgan fingerprint density at radius 2 is 2.28 bits per heavy atom. The SMILES string of the molecule is CC1SCCN(CC(O)c2cccc(N)c2)C1C. The van der Waals surface area contributed by atoms with E-state index in [4.69, 9.17) is 5.73 Å². The van der Waals surface area contributed by atoms with Crippen LogP contribution in [-0.2, 0) is 0 Å². The van der Waals surface area contributed by atoms with Crippen molar-refractivity contribution in [2.75, 3.05) is 24.6 Å². The molecule has 1 fully saturated rings. The van der Waals surface area contributed by atoms with Gasteiger partial charge < -0.3 is 10.8 Å². The predicted molar refractivity (Wildman–Crippen MR) is 78.8 cm³/mol. The average Bonchev–Trinajstić information content (AvgIpc) is 2.35. The summed E-state index contributed by atoms with van der Waals surface area (Å²) >= 11 is 2.01. The first-order chi connectivity index (χ1) is 8.58. The molecule has 3 N–H and O–H groups in total. The van der Waals surface area contributed by atoms with Crippen LogP contribution in [0.4, 0.5) is 5.69 Å². The summed E-state index contributed by atoms with van der Waals surface area (Å²) in [6, 6.07) is 8.05. The van der Waals surface area contributed by atoms with E-state index in [2.05, 4.69) is 18.7 Å². The van der Waals surface area contributed by atoms with Crippen molar-refractivity contribution in [3.8, 4) is 0 Å². The first-order valence-electron chi connectivity index (χ1n) is 6.47. The molecule has 1 aliphatic heterocycles. The van der Waals surface area contributed by atoms with Crippen LogP contribution in [-0.4, -0.2) is 40.1 Å². The predicted octanol–water partition coefficient (Wildman–Crippen LogP) is 2.13. The van der Waals surface area contributed by atoms with Crippen molar-refractivity contribution in [1.82, 2.24) is 4.90 Å². The molecule has 1 aromatic rings. The number of rotatable bonds is 3. The van der Waals surface area contributed by atoms with Crippen LogP contribution in [0.1, 0.15) is 25.5 Å². The number of nitrogen functional groups attached to an aromatic ring is 1. The Bertz CT molecular complexity index is 399. The van der Waals surface area contributed by atoms with Crippen LogP contribution in [0.15, 0.2) is 24.3 Å². The number of aliphatic hydroxyl groups excluding tert-OH is 1. The Morgan fingerprint density at radius 3 is 3.00 bits per heavy atom. The molecule has 0 amide bonds. The zero-order valence-electron chi connectivity index (χ0n) is 11.0. The zero-order chi connectivity index (χ0) is 13.1. The summed E-state index contributed by atoms with van der Waals surface area (Å²) < 4.78 is 0. The van der Waals surface area contributed by atoms with Crippen LogP contribution < -0.4 is 5.73 Å². The van der Waals surface area contributed by atoms with E-state index in [1.807, 2.05) is 36.0 Å². The second-order valence-corrected chi connectivity index (χ2v) is 6.48. The largest absolute Gasteiger partial charge is 0.399 e. The lowest BCUT2D eigenvalue weighted by Crippen LogP contribution is -2.46. The number of nitrogens with zero attached hydrogens (tertiary/aromatic N) is 1. The lowest BCUT2D eigenvalue weighted by Gasteiger charge is -2.38. The molecule has 4 heteroatoms. The molecule has 3 atom stereocenters. The van der Waals surface area contributed by atoms with Crippen LogP contribution in [0, 0.1) is 0 Å². The van der Waals surface area contributed by atoms with E-state index in [0.717, 1.165) is 17.9 Å². The number of hydrogen-bond acceptors (Lipinski definition) is 4. The summed E-state index contributed by atoms with van der Waals surface area (Å²) in [5, 5.41) is 10.9. The van der Waals surface area contributed by atoms with Gasteiger partial charge in [0.05, 0.1) is 6.10 Å². The third kappa shape index (κ3) is 3.19. The highest BCUT2D eigenvalue weighted by Gasteiger charge is 2.26. The average molecular weight is 266 g/mol. The van der Waals surface area contributed by atoms with Gasteiger partial charge >= 0.3 is 0 Å². The van der Waals surface area contributed by atoms with Gasteiger partial charge in [0.15, 0.2) is 0 Å². The molecule has 1 heterocycles. The molecular weight excluding hydrogens is 244 g/mol. The second-order valence-electron chi connectivity index (χ2n) is 5.00. The van der Waals surface area contributed by atoms with Gasteiger partial charge in [-0.15, -0.1) is 0 Å². The zero-order valence-corrected chi connectivity index (χ0v) is 11.9. The van der Waals surface area contributed by atoms with Crippen molar-refractivity contribution in [2.45, 2.75) is 31.2 Å². The van der Waals surface area contributed by atoms with Crippen LogP contribution >= 0.6 is 11.8 Å². The normalized spacial score (nSPS) is 27.1. The van der Waals surface area contributed by atoms with Gasteiger partial charge in [0.1, 0.15) is 0 Å². The van der Waals surface area contributed by atoms with Gasteiger partial charge in [-0.2, -0.15) is 11.8 Å². The van der Waals surface area contributed by atoms with E-state index in [1.54, 1.807) is 0 Å². The highest BCUT2D eigenvalue weighted by atomic mass is 32.2. The highest BCUT2D eigenvalue weighted by Crippen LogP contribution is 2.26. The topological polar surface area (TPSA) is 49.5 Å². The van der Waals surface area contributed by atoms with E-state index in [-0.39, 0.29) is 0 Å². The number of anilines is 1. The third-order valence-corrected chi connectivity index (χ3v) is 5.06. The lowest BCUT2D eigenvalue weighted by molar-refractivity contribution is 0.0930. The van der Waals surface area contributed by atoms with Crippen LogP contribution in [0.2, 0.25) is 0 Å². The number of β-amino-alcohol motifs (C(OH)–C–C–N with tert-alkyl or cyclic N) is 1. The van der Waals surface area contributed by atoms with E-state index < -0.39 is 6.10 Å². The highest BCUT2D eigenvalue weighted by molar-refractivity contribution is 8.00. The number of benzene rings is 1.